The highest BCUT2D eigenvalue weighted by molar-refractivity contribution is 8.00. The summed E-state index contributed by atoms with van der Waals surface area (Å²) >= 11 is 1.09. The zero-order valence-corrected chi connectivity index (χ0v) is 19.0. The number of anilines is 1. The van der Waals surface area contributed by atoms with Crippen molar-refractivity contribution in [3.8, 4) is 5.75 Å². The molecule has 1 N–H and O–H groups in total. The number of pyridine rings is 1. The molecule has 0 unspecified atom stereocenters. The Kier molecular flexibility index (Phi) is 6.92. The van der Waals surface area contributed by atoms with Crippen molar-refractivity contribution in [1.29, 1.82) is 0 Å². The third kappa shape index (κ3) is 5.24. The topological polar surface area (TPSA) is 86.1 Å². The molecule has 1 amide bonds. The van der Waals surface area contributed by atoms with Crippen LogP contribution in [0.2, 0.25) is 0 Å². The van der Waals surface area contributed by atoms with Crippen LogP contribution in [0.4, 0.5) is 18.9 Å². The molecule has 4 rings (SSSR count). The van der Waals surface area contributed by atoms with Crippen molar-refractivity contribution in [2.24, 2.45) is 0 Å². The van der Waals surface area contributed by atoms with E-state index in [0.29, 0.717) is 11.6 Å². The molecule has 0 saturated heterocycles. The first kappa shape index (κ1) is 23.8. The van der Waals surface area contributed by atoms with Crippen molar-refractivity contribution < 1.29 is 22.7 Å². The van der Waals surface area contributed by atoms with Crippen molar-refractivity contribution >= 4 is 23.4 Å². The van der Waals surface area contributed by atoms with Gasteiger partial charge in [0, 0.05) is 23.7 Å². The van der Waals surface area contributed by atoms with Crippen molar-refractivity contribution in [2.45, 2.75) is 37.0 Å². The van der Waals surface area contributed by atoms with Gasteiger partial charge in [0.15, 0.2) is 0 Å². The fourth-order valence-corrected chi connectivity index (χ4v) is 4.72. The summed E-state index contributed by atoms with van der Waals surface area (Å²) in [6.07, 6.45) is 1.15. The molecule has 0 spiro atoms. The van der Waals surface area contributed by atoms with Gasteiger partial charge in [-0.2, -0.15) is 18.2 Å². The van der Waals surface area contributed by atoms with Gasteiger partial charge in [0.1, 0.15) is 10.8 Å². The molecule has 3 aromatic rings. The second-order valence-corrected chi connectivity index (χ2v) is 8.64. The maximum atomic E-state index is 13.0. The lowest BCUT2D eigenvalue weighted by Crippen LogP contribution is -2.28. The maximum Gasteiger partial charge on any atom is 0.416 e. The Morgan fingerprint density at radius 1 is 1.26 bits per heavy atom. The third-order valence-electron chi connectivity index (χ3n) is 5.41. The molecule has 2 heterocycles. The summed E-state index contributed by atoms with van der Waals surface area (Å²) in [5.41, 5.74) is 1.33. The summed E-state index contributed by atoms with van der Waals surface area (Å²) in [5.74, 6) is -0.538. The molecule has 7 nitrogen and oxygen atoms in total. The van der Waals surface area contributed by atoms with Crippen molar-refractivity contribution in [3.63, 3.8) is 0 Å². The van der Waals surface area contributed by atoms with Crippen LogP contribution >= 0.6 is 11.8 Å². The number of rotatable bonds is 7. The van der Waals surface area contributed by atoms with E-state index in [0.717, 1.165) is 66.0 Å². The summed E-state index contributed by atoms with van der Waals surface area (Å²) in [6.45, 7) is 0.364. The van der Waals surface area contributed by atoms with E-state index in [2.05, 4.69) is 15.3 Å². The van der Waals surface area contributed by atoms with Gasteiger partial charge in [-0.15, -0.1) is 0 Å². The standard InChI is InChI=1S/C23H21F3N4O3S/c1-33-19-8-7-15(23(24,25)26)10-17(19)28-20(31)13-34-21-16-5-2-6-18(16)30(22(32)29-21)12-14-4-3-9-27-11-14/h3-4,7-11H,2,5-6,12-13H2,1H3,(H,28,31). The highest BCUT2D eigenvalue weighted by atomic mass is 32.2. The second-order valence-electron chi connectivity index (χ2n) is 7.68. The van der Waals surface area contributed by atoms with Gasteiger partial charge in [-0.25, -0.2) is 4.79 Å². The van der Waals surface area contributed by atoms with Crippen LogP contribution in [0.25, 0.3) is 0 Å². The zero-order valence-electron chi connectivity index (χ0n) is 18.2. The van der Waals surface area contributed by atoms with Gasteiger partial charge >= 0.3 is 11.9 Å². The molecule has 1 aliphatic rings. The van der Waals surface area contributed by atoms with Gasteiger partial charge in [-0.3, -0.25) is 14.3 Å². The second kappa shape index (κ2) is 9.88. The number of benzene rings is 1. The summed E-state index contributed by atoms with van der Waals surface area (Å²) < 4.78 is 45.8. The highest BCUT2D eigenvalue weighted by Gasteiger charge is 2.31. The molecule has 0 saturated carbocycles. The summed E-state index contributed by atoms with van der Waals surface area (Å²) in [5, 5.41) is 2.95. The number of nitrogens with zero attached hydrogens (tertiary/aromatic N) is 3. The Bertz CT molecular complexity index is 1260. The highest BCUT2D eigenvalue weighted by Crippen LogP contribution is 2.35. The number of aromatic nitrogens is 3. The minimum Gasteiger partial charge on any atom is -0.495 e. The quantitative estimate of drug-likeness (QED) is 0.399. The van der Waals surface area contributed by atoms with Crippen LogP contribution in [-0.2, 0) is 30.4 Å². The molecular formula is C23H21F3N4O3S. The summed E-state index contributed by atoms with van der Waals surface area (Å²) in [4.78, 5) is 33.5. The van der Waals surface area contributed by atoms with E-state index in [1.54, 1.807) is 23.0 Å². The first-order chi connectivity index (χ1) is 16.3. The number of methoxy groups -OCH3 is 1. The lowest BCUT2D eigenvalue weighted by Gasteiger charge is -2.15. The van der Waals surface area contributed by atoms with E-state index in [-0.39, 0.29) is 17.2 Å². The Morgan fingerprint density at radius 2 is 2.09 bits per heavy atom. The molecule has 34 heavy (non-hydrogen) atoms. The summed E-state index contributed by atoms with van der Waals surface area (Å²) in [6, 6.07) is 6.56. The number of carbonyl (C=O) groups excluding carboxylic acids is 1. The molecule has 0 aliphatic heterocycles. The minimum absolute atomic E-state index is 0.0759. The molecule has 1 aliphatic carbocycles. The Balaban J connectivity index is 1.50. The number of hydrogen-bond acceptors (Lipinski definition) is 6. The van der Waals surface area contributed by atoms with Gasteiger partial charge in [0.05, 0.1) is 30.7 Å². The van der Waals surface area contributed by atoms with E-state index < -0.39 is 23.3 Å². The number of amides is 1. The Hall–Kier alpha value is -3.34. The fraction of sp³-hybridized carbons (Fsp3) is 0.304. The van der Waals surface area contributed by atoms with Crippen molar-refractivity contribution in [1.82, 2.24) is 14.5 Å². The number of hydrogen-bond donors (Lipinski definition) is 1. The van der Waals surface area contributed by atoms with E-state index in [1.807, 2.05) is 6.07 Å². The van der Waals surface area contributed by atoms with Crippen LogP contribution in [0.15, 0.2) is 52.5 Å². The SMILES string of the molecule is COc1ccc(C(F)(F)F)cc1NC(=O)CSc1nc(=O)n(Cc2cccnc2)c2c1CCC2. The number of alkyl halides is 3. The number of ether oxygens (including phenoxy) is 1. The molecule has 1 aromatic carbocycles. The smallest absolute Gasteiger partial charge is 0.416 e. The number of thioether (sulfide) groups is 1. The molecule has 178 valence electrons. The largest absolute Gasteiger partial charge is 0.495 e. The van der Waals surface area contributed by atoms with Gasteiger partial charge < -0.3 is 10.1 Å². The molecule has 0 bridgehead atoms. The lowest BCUT2D eigenvalue weighted by atomic mass is 10.2. The van der Waals surface area contributed by atoms with E-state index in [4.69, 9.17) is 4.74 Å². The van der Waals surface area contributed by atoms with Crippen LogP contribution in [0.3, 0.4) is 0 Å². The van der Waals surface area contributed by atoms with Crippen LogP contribution in [0.5, 0.6) is 5.75 Å². The average Bonchev–Trinajstić information content (AvgIpc) is 3.30. The van der Waals surface area contributed by atoms with Gasteiger partial charge in [0.25, 0.3) is 0 Å². The van der Waals surface area contributed by atoms with Crippen LogP contribution in [0.1, 0.15) is 28.8 Å². The van der Waals surface area contributed by atoms with Crippen LogP contribution in [-0.4, -0.2) is 33.3 Å². The average molecular weight is 491 g/mol. The van der Waals surface area contributed by atoms with Crippen LogP contribution in [0, 0.1) is 0 Å². The minimum atomic E-state index is -4.55. The van der Waals surface area contributed by atoms with Crippen molar-refractivity contribution in [3.05, 3.63) is 75.6 Å². The van der Waals surface area contributed by atoms with Gasteiger partial charge in [0.2, 0.25) is 5.91 Å². The summed E-state index contributed by atoms with van der Waals surface area (Å²) in [7, 11) is 1.31. The molecular weight excluding hydrogens is 469 g/mol. The predicted octanol–water partition coefficient (Wildman–Crippen LogP) is 3.93. The molecule has 2 aromatic heterocycles. The van der Waals surface area contributed by atoms with Crippen molar-refractivity contribution in [2.75, 3.05) is 18.2 Å². The Morgan fingerprint density at radius 3 is 2.79 bits per heavy atom. The zero-order chi connectivity index (χ0) is 24.3. The molecule has 0 radical (unpaired) electrons. The fourth-order valence-electron chi connectivity index (χ4n) is 3.85. The third-order valence-corrected chi connectivity index (χ3v) is 6.42. The number of nitrogens with one attached hydrogen (secondary N) is 1. The number of carbonyl (C=O) groups is 1. The van der Waals surface area contributed by atoms with Gasteiger partial charge in [-0.1, -0.05) is 17.8 Å². The van der Waals surface area contributed by atoms with E-state index >= 15 is 0 Å². The van der Waals surface area contributed by atoms with Gasteiger partial charge in [-0.05, 0) is 49.1 Å². The molecule has 0 atom stereocenters. The van der Waals surface area contributed by atoms with E-state index in [1.165, 1.54) is 7.11 Å². The van der Waals surface area contributed by atoms with E-state index in [9.17, 15) is 22.8 Å². The molecule has 11 heteroatoms. The normalized spacial score (nSPS) is 12.9. The first-order valence-electron chi connectivity index (χ1n) is 10.5. The maximum absolute atomic E-state index is 13.0. The number of halogens is 3. The number of fused-ring (bicyclic) bond motifs is 1. The predicted molar refractivity (Wildman–Crippen MR) is 121 cm³/mol. The molecule has 0 fully saturated rings. The lowest BCUT2D eigenvalue weighted by molar-refractivity contribution is -0.137. The Labute approximate surface area is 197 Å². The van der Waals surface area contributed by atoms with Crippen LogP contribution < -0.4 is 15.7 Å². The monoisotopic (exact) mass is 490 g/mol. The first-order valence-corrected chi connectivity index (χ1v) is 11.4.